The van der Waals surface area contributed by atoms with E-state index in [1.165, 1.54) is 0 Å². The van der Waals surface area contributed by atoms with Gasteiger partial charge in [-0.15, -0.1) is 0 Å². The summed E-state index contributed by atoms with van der Waals surface area (Å²) in [4.78, 5) is 26.3. The van der Waals surface area contributed by atoms with Crippen LogP contribution in [0.15, 0.2) is 42.5 Å². The van der Waals surface area contributed by atoms with Crippen LogP contribution in [0.25, 0.3) is 0 Å². The summed E-state index contributed by atoms with van der Waals surface area (Å²) in [5, 5.41) is 10.4. The monoisotopic (exact) mass is 560 g/mol. The van der Waals surface area contributed by atoms with Gasteiger partial charge < -0.3 is 20.1 Å². The fourth-order valence-electron chi connectivity index (χ4n) is 4.28. The zero-order valence-corrected chi connectivity index (χ0v) is 21.0. The van der Waals surface area contributed by atoms with E-state index in [0.717, 1.165) is 22.4 Å². The number of carbonyl (C=O) groups excluding carboxylic acids is 2. The number of alkyl halides is 1. The summed E-state index contributed by atoms with van der Waals surface area (Å²) < 4.78 is 13.3. The van der Waals surface area contributed by atoms with Gasteiger partial charge in [-0.1, -0.05) is 23.8 Å². The van der Waals surface area contributed by atoms with Crippen molar-refractivity contribution >= 4 is 40.2 Å². The van der Waals surface area contributed by atoms with Crippen molar-refractivity contribution in [1.82, 2.24) is 15.1 Å². The van der Waals surface area contributed by atoms with E-state index in [1.54, 1.807) is 31.0 Å². The number of anilines is 1. The van der Waals surface area contributed by atoms with E-state index in [-0.39, 0.29) is 11.8 Å². The lowest BCUT2D eigenvalue weighted by Crippen LogP contribution is -2.50. The minimum atomic E-state index is -0.838. The van der Waals surface area contributed by atoms with Gasteiger partial charge in [0.25, 0.3) is 5.91 Å². The number of aryl methyl sites for hydroxylation is 3. The van der Waals surface area contributed by atoms with Gasteiger partial charge in [-0.2, -0.15) is 5.10 Å². The minimum Gasteiger partial charge on any atom is -0.493 e. The Balaban J connectivity index is 1.80. The van der Waals surface area contributed by atoms with Crippen LogP contribution in [-0.4, -0.2) is 39.4 Å². The van der Waals surface area contributed by atoms with Gasteiger partial charge >= 0.3 is 0 Å². The summed E-state index contributed by atoms with van der Waals surface area (Å²) in [7, 11) is 3.36. The topological polar surface area (TPSA) is 94.5 Å². The minimum absolute atomic E-state index is 0.303. The van der Waals surface area contributed by atoms with E-state index in [0.29, 0.717) is 27.5 Å². The summed E-state index contributed by atoms with van der Waals surface area (Å²) >= 11 is 2.12. The van der Waals surface area contributed by atoms with Crippen LogP contribution in [0.1, 0.15) is 38.7 Å². The Bertz CT molecular complexity index is 1220. The van der Waals surface area contributed by atoms with Crippen molar-refractivity contribution in [2.24, 2.45) is 7.05 Å². The van der Waals surface area contributed by atoms with Gasteiger partial charge in [-0.25, -0.2) is 0 Å². The number of hydrogen-bond acceptors (Lipinski definition) is 5. The molecule has 0 saturated carbocycles. The Morgan fingerprint density at radius 1 is 1.21 bits per heavy atom. The van der Waals surface area contributed by atoms with Crippen molar-refractivity contribution in [1.29, 1.82) is 0 Å². The van der Waals surface area contributed by atoms with Crippen LogP contribution in [0.4, 0.5) is 5.82 Å². The molecule has 0 spiro atoms. The number of methoxy groups -OCH3 is 1. The van der Waals surface area contributed by atoms with Crippen LogP contribution < -0.4 is 20.1 Å². The number of nitrogens with one attached hydrogen (secondary N) is 2. The molecule has 2 heterocycles. The number of halogens is 1. The second kappa shape index (κ2) is 9.42. The molecular weight excluding hydrogens is 535 g/mol. The molecule has 2 amide bonds. The zero-order chi connectivity index (χ0) is 23.7. The highest BCUT2D eigenvalue weighted by atomic mass is 127. The maximum Gasteiger partial charge on any atom is 0.251 e. The highest BCUT2D eigenvalue weighted by Gasteiger charge is 2.41. The third-order valence-electron chi connectivity index (χ3n) is 5.76. The molecule has 0 fully saturated rings. The Morgan fingerprint density at radius 3 is 2.70 bits per heavy atom. The molecule has 0 aliphatic carbocycles. The first kappa shape index (κ1) is 23.1. The highest BCUT2D eigenvalue weighted by molar-refractivity contribution is 14.1. The lowest BCUT2D eigenvalue weighted by atomic mass is 9.81. The van der Waals surface area contributed by atoms with Crippen molar-refractivity contribution in [3.05, 3.63) is 70.4 Å². The largest absolute Gasteiger partial charge is 0.493 e. The predicted molar refractivity (Wildman–Crippen MR) is 133 cm³/mol. The second-order valence-corrected chi connectivity index (χ2v) is 8.55. The van der Waals surface area contributed by atoms with Gasteiger partial charge in [0.1, 0.15) is 16.5 Å². The number of hydrogen-bond donors (Lipinski definition) is 2. The van der Waals surface area contributed by atoms with Gasteiger partial charge in [0.15, 0.2) is 11.5 Å². The summed E-state index contributed by atoms with van der Waals surface area (Å²) in [5.74, 6) is 0.712. The predicted octanol–water partition coefficient (Wildman–Crippen LogP) is 3.70. The third kappa shape index (κ3) is 4.41. The van der Waals surface area contributed by atoms with Gasteiger partial charge in [0.2, 0.25) is 5.91 Å². The standard InChI is InChI=1S/C24H25IN4O4/c1-13-6-5-7-16(10-13)23(30)26-21-20(15-8-9-17(33-12-25)18(11-15)32-4)19-14(2)28-29(3)22(19)27-24(21)31/h5-11,20-21H,12H2,1-4H3,(H,26,30)(H,27,31)/t20-,21-/m0/s1. The molecular formula is C24H25IN4O4. The fourth-order valence-corrected chi connectivity index (χ4v) is 4.62. The first-order valence-corrected chi connectivity index (χ1v) is 11.9. The van der Waals surface area contributed by atoms with E-state index >= 15 is 0 Å². The van der Waals surface area contributed by atoms with Crippen molar-refractivity contribution in [2.45, 2.75) is 25.8 Å². The number of fused-ring (bicyclic) bond motifs is 1. The smallest absolute Gasteiger partial charge is 0.251 e. The summed E-state index contributed by atoms with van der Waals surface area (Å²) in [5.41, 5.74) is 3.91. The number of benzene rings is 2. The summed E-state index contributed by atoms with van der Waals surface area (Å²) in [6.45, 7) is 3.82. The van der Waals surface area contributed by atoms with Crippen LogP contribution in [0.3, 0.4) is 0 Å². The van der Waals surface area contributed by atoms with Crippen molar-refractivity contribution in [2.75, 3.05) is 17.0 Å². The quantitative estimate of drug-likeness (QED) is 0.355. The molecule has 172 valence electrons. The first-order chi connectivity index (χ1) is 15.8. The lowest BCUT2D eigenvalue weighted by molar-refractivity contribution is -0.118. The first-order valence-electron chi connectivity index (χ1n) is 10.4. The number of rotatable bonds is 6. The molecule has 9 heteroatoms. The molecule has 2 atom stereocenters. The molecule has 1 aliphatic rings. The summed E-state index contributed by atoms with van der Waals surface area (Å²) in [6, 6.07) is 12.0. The number of ether oxygens (including phenoxy) is 2. The van der Waals surface area contributed by atoms with Gasteiger partial charge in [-0.3, -0.25) is 14.3 Å². The van der Waals surface area contributed by atoms with Crippen molar-refractivity contribution in [3.8, 4) is 11.5 Å². The fraction of sp³-hybridized carbons (Fsp3) is 0.292. The zero-order valence-electron chi connectivity index (χ0n) is 18.8. The van der Waals surface area contributed by atoms with Crippen molar-refractivity contribution < 1.29 is 19.1 Å². The molecule has 2 aromatic carbocycles. The maximum atomic E-state index is 13.2. The Kier molecular flexibility index (Phi) is 6.59. The highest BCUT2D eigenvalue weighted by Crippen LogP contribution is 2.41. The van der Waals surface area contributed by atoms with Crippen LogP contribution >= 0.6 is 22.6 Å². The molecule has 3 aromatic rings. The average molecular weight is 560 g/mol. The van der Waals surface area contributed by atoms with Crippen LogP contribution in [0.5, 0.6) is 11.5 Å². The van der Waals surface area contributed by atoms with Crippen LogP contribution in [0, 0.1) is 13.8 Å². The van der Waals surface area contributed by atoms with E-state index in [1.807, 2.05) is 44.2 Å². The molecule has 0 radical (unpaired) electrons. The third-order valence-corrected chi connectivity index (χ3v) is 6.07. The molecule has 0 unspecified atom stereocenters. The van der Waals surface area contributed by atoms with Crippen LogP contribution in [0.2, 0.25) is 0 Å². The molecule has 1 aromatic heterocycles. The molecule has 33 heavy (non-hydrogen) atoms. The van der Waals surface area contributed by atoms with E-state index in [9.17, 15) is 9.59 Å². The molecule has 0 bridgehead atoms. The van der Waals surface area contributed by atoms with Crippen molar-refractivity contribution in [3.63, 3.8) is 0 Å². The Hall–Kier alpha value is -3.08. The number of carbonyl (C=O) groups is 2. The SMILES string of the molecule is COc1cc([C@H]2c3c(C)nn(C)c3NC(=O)[C@H]2NC(=O)c2cccc(C)c2)ccc1OCI. The van der Waals surface area contributed by atoms with E-state index in [4.69, 9.17) is 9.47 Å². The summed E-state index contributed by atoms with van der Waals surface area (Å²) in [6.07, 6.45) is 0. The molecule has 8 nitrogen and oxygen atoms in total. The van der Waals surface area contributed by atoms with Gasteiger partial charge in [0.05, 0.1) is 12.8 Å². The molecule has 1 aliphatic heterocycles. The number of nitrogens with zero attached hydrogens (tertiary/aromatic N) is 2. The van der Waals surface area contributed by atoms with Crippen LogP contribution in [-0.2, 0) is 11.8 Å². The van der Waals surface area contributed by atoms with Gasteiger partial charge in [-0.05, 0) is 66.3 Å². The number of amides is 2. The molecule has 0 saturated heterocycles. The Labute approximate surface area is 205 Å². The maximum absolute atomic E-state index is 13.2. The average Bonchev–Trinajstić information content (AvgIpc) is 3.07. The number of aromatic nitrogens is 2. The normalized spacial score (nSPS) is 17.2. The lowest BCUT2D eigenvalue weighted by Gasteiger charge is -2.33. The molecule has 2 N–H and O–H groups in total. The van der Waals surface area contributed by atoms with E-state index in [2.05, 4.69) is 38.3 Å². The van der Waals surface area contributed by atoms with E-state index < -0.39 is 12.0 Å². The van der Waals surface area contributed by atoms with Gasteiger partial charge in [0, 0.05) is 24.1 Å². The Morgan fingerprint density at radius 2 is 2.00 bits per heavy atom. The molecule has 4 rings (SSSR count). The second-order valence-electron chi connectivity index (χ2n) is 7.92.